The van der Waals surface area contributed by atoms with E-state index >= 15 is 0 Å². The predicted octanol–water partition coefficient (Wildman–Crippen LogP) is 2.22. The van der Waals surface area contributed by atoms with Gasteiger partial charge in [0.1, 0.15) is 4.88 Å². The number of carboxylic acid groups (broad SMARTS) is 1. The first-order chi connectivity index (χ1) is 9.37. The van der Waals surface area contributed by atoms with E-state index in [2.05, 4.69) is 4.72 Å². The van der Waals surface area contributed by atoms with Gasteiger partial charge in [0.15, 0.2) is 0 Å². The van der Waals surface area contributed by atoms with Crippen LogP contribution in [0.5, 0.6) is 0 Å². The fourth-order valence-corrected chi connectivity index (χ4v) is 6.24. The zero-order valence-electron chi connectivity index (χ0n) is 11.1. The minimum atomic E-state index is -3.61. The summed E-state index contributed by atoms with van der Waals surface area (Å²) in [6.07, 6.45) is 4.35. The van der Waals surface area contributed by atoms with E-state index in [1.165, 1.54) is 12.5 Å². The largest absolute Gasteiger partial charge is 0.477 e. The van der Waals surface area contributed by atoms with Gasteiger partial charge in [0.05, 0.1) is 4.90 Å². The molecule has 2 bridgehead atoms. The van der Waals surface area contributed by atoms with Crippen LogP contribution in [-0.2, 0) is 10.0 Å². The molecule has 1 aromatic rings. The Morgan fingerprint density at radius 2 is 2.15 bits per heavy atom. The van der Waals surface area contributed by atoms with Crippen molar-refractivity contribution in [3.05, 3.63) is 15.8 Å². The number of sulfonamides is 1. The molecule has 2 fully saturated rings. The molecule has 0 spiro atoms. The third-order valence-corrected chi connectivity index (χ3v) is 7.20. The number of aromatic carboxylic acids is 1. The van der Waals surface area contributed by atoms with Gasteiger partial charge in [-0.15, -0.1) is 11.3 Å². The molecule has 5 nitrogen and oxygen atoms in total. The molecule has 110 valence electrons. The predicted molar refractivity (Wildman–Crippen MR) is 75.6 cm³/mol. The maximum absolute atomic E-state index is 12.4. The van der Waals surface area contributed by atoms with E-state index < -0.39 is 16.0 Å². The highest BCUT2D eigenvalue weighted by Crippen LogP contribution is 2.45. The number of hydrogen-bond donors (Lipinski definition) is 2. The van der Waals surface area contributed by atoms with Crippen LogP contribution in [0.25, 0.3) is 0 Å². The minimum Gasteiger partial charge on any atom is -0.477 e. The molecule has 1 heterocycles. The van der Waals surface area contributed by atoms with Crippen LogP contribution in [0.3, 0.4) is 0 Å². The molecular formula is C13H17NO4S2. The zero-order valence-corrected chi connectivity index (χ0v) is 12.8. The van der Waals surface area contributed by atoms with Crippen LogP contribution in [0, 0.1) is 18.8 Å². The van der Waals surface area contributed by atoms with Gasteiger partial charge in [0.2, 0.25) is 10.0 Å². The van der Waals surface area contributed by atoms with E-state index in [0.717, 1.165) is 30.6 Å². The number of carboxylic acids is 1. The van der Waals surface area contributed by atoms with E-state index in [1.807, 2.05) is 0 Å². The Labute approximate surface area is 122 Å². The van der Waals surface area contributed by atoms with Crippen LogP contribution in [0.15, 0.2) is 11.0 Å². The number of carbonyl (C=O) groups is 1. The molecule has 0 saturated heterocycles. The summed E-state index contributed by atoms with van der Waals surface area (Å²) in [5.74, 6) is 0.0259. The third-order valence-electron chi connectivity index (χ3n) is 4.42. The van der Waals surface area contributed by atoms with Crippen LogP contribution in [0.1, 0.15) is 40.2 Å². The maximum Gasteiger partial charge on any atom is 0.345 e. The molecular weight excluding hydrogens is 298 g/mol. The molecule has 7 heteroatoms. The first-order valence-electron chi connectivity index (χ1n) is 6.73. The van der Waals surface area contributed by atoms with Gasteiger partial charge in [0, 0.05) is 10.9 Å². The van der Waals surface area contributed by atoms with Crippen LogP contribution in [0.4, 0.5) is 0 Å². The van der Waals surface area contributed by atoms with Crippen LogP contribution >= 0.6 is 11.3 Å². The highest BCUT2D eigenvalue weighted by molar-refractivity contribution is 7.89. The fraction of sp³-hybridized carbons (Fsp3) is 0.615. The second-order valence-corrected chi connectivity index (χ2v) is 8.68. The Morgan fingerprint density at radius 3 is 2.65 bits per heavy atom. The summed E-state index contributed by atoms with van der Waals surface area (Å²) in [6.45, 7) is 1.65. The molecule has 3 rings (SSSR count). The van der Waals surface area contributed by atoms with E-state index in [0.29, 0.717) is 16.7 Å². The molecule has 1 aromatic heterocycles. The highest BCUT2D eigenvalue weighted by Gasteiger charge is 2.41. The molecule has 2 aliphatic carbocycles. The second kappa shape index (κ2) is 4.82. The smallest absolute Gasteiger partial charge is 0.345 e. The topological polar surface area (TPSA) is 83.5 Å². The van der Waals surface area contributed by atoms with E-state index in [1.54, 1.807) is 6.92 Å². The van der Waals surface area contributed by atoms with Crippen molar-refractivity contribution < 1.29 is 18.3 Å². The van der Waals surface area contributed by atoms with Crippen molar-refractivity contribution in [1.82, 2.24) is 4.72 Å². The molecule has 0 radical (unpaired) electrons. The summed E-state index contributed by atoms with van der Waals surface area (Å²) >= 11 is 1.00. The maximum atomic E-state index is 12.4. The normalized spacial score (nSPS) is 28.9. The summed E-state index contributed by atoms with van der Waals surface area (Å²) < 4.78 is 27.6. The van der Waals surface area contributed by atoms with Crippen molar-refractivity contribution in [3.8, 4) is 0 Å². The molecule has 3 atom stereocenters. The van der Waals surface area contributed by atoms with Gasteiger partial charge < -0.3 is 5.11 Å². The second-order valence-electron chi connectivity index (χ2n) is 5.74. The lowest BCUT2D eigenvalue weighted by Gasteiger charge is -2.22. The Bertz CT molecular complexity index is 649. The third kappa shape index (κ3) is 2.38. The van der Waals surface area contributed by atoms with Crippen molar-refractivity contribution in [2.24, 2.45) is 11.8 Å². The van der Waals surface area contributed by atoms with Gasteiger partial charge in [-0.25, -0.2) is 17.9 Å². The van der Waals surface area contributed by atoms with Gasteiger partial charge in [0.25, 0.3) is 0 Å². The Hall–Kier alpha value is -0.920. The monoisotopic (exact) mass is 315 g/mol. The van der Waals surface area contributed by atoms with Crippen molar-refractivity contribution >= 4 is 27.3 Å². The molecule has 0 amide bonds. The van der Waals surface area contributed by atoms with Gasteiger partial charge >= 0.3 is 5.97 Å². The summed E-state index contributed by atoms with van der Waals surface area (Å²) in [6, 6.07) is 1.28. The average Bonchev–Trinajstić information content (AvgIpc) is 3.02. The summed E-state index contributed by atoms with van der Waals surface area (Å²) in [5, 5.41) is 8.95. The molecule has 2 saturated carbocycles. The van der Waals surface area contributed by atoms with Gasteiger partial charge in [-0.05, 0) is 44.1 Å². The lowest BCUT2D eigenvalue weighted by molar-refractivity contribution is 0.0702. The SMILES string of the molecule is Cc1sc(C(=O)O)cc1S(=O)(=O)NC1CC2CCC1C2. The van der Waals surface area contributed by atoms with E-state index in [4.69, 9.17) is 5.11 Å². The number of fused-ring (bicyclic) bond motifs is 2. The minimum absolute atomic E-state index is 0.0197. The molecule has 0 aliphatic heterocycles. The van der Waals surface area contributed by atoms with Crippen molar-refractivity contribution in [2.45, 2.75) is 43.5 Å². The average molecular weight is 315 g/mol. The summed E-state index contributed by atoms with van der Waals surface area (Å²) in [4.78, 5) is 11.6. The highest BCUT2D eigenvalue weighted by atomic mass is 32.2. The van der Waals surface area contributed by atoms with Crippen LogP contribution in [-0.4, -0.2) is 25.5 Å². The first-order valence-corrected chi connectivity index (χ1v) is 9.03. The summed E-state index contributed by atoms with van der Waals surface area (Å²) in [7, 11) is -3.61. The Kier molecular flexibility index (Phi) is 3.38. The van der Waals surface area contributed by atoms with Crippen molar-refractivity contribution in [1.29, 1.82) is 0 Å². The van der Waals surface area contributed by atoms with Gasteiger partial charge in [-0.1, -0.05) is 6.42 Å². The standard InChI is InChI=1S/C13H17NO4S2/c1-7-12(6-11(19-7)13(15)16)20(17,18)14-10-5-8-2-3-9(10)4-8/h6,8-10,14H,2-5H2,1H3,(H,15,16). The van der Waals surface area contributed by atoms with E-state index in [9.17, 15) is 13.2 Å². The quantitative estimate of drug-likeness (QED) is 0.892. The number of aryl methyl sites for hydroxylation is 1. The van der Waals surface area contributed by atoms with E-state index in [-0.39, 0.29) is 15.8 Å². The number of thiophene rings is 1. The van der Waals surface area contributed by atoms with Crippen LogP contribution in [0.2, 0.25) is 0 Å². The summed E-state index contributed by atoms with van der Waals surface area (Å²) in [5.41, 5.74) is 0. The number of rotatable bonds is 4. The molecule has 2 aliphatic rings. The van der Waals surface area contributed by atoms with Crippen molar-refractivity contribution in [3.63, 3.8) is 0 Å². The first kappa shape index (κ1) is 14.0. The van der Waals surface area contributed by atoms with Gasteiger partial charge in [-0.2, -0.15) is 0 Å². The molecule has 0 aromatic carbocycles. The number of nitrogens with one attached hydrogen (secondary N) is 1. The van der Waals surface area contributed by atoms with Crippen molar-refractivity contribution in [2.75, 3.05) is 0 Å². The molecule has 2 N–H and O–H groups in total. The lowest BCUT2D eigenvalue weighted by Crippen LogP contribution is -2.38. The molecule has 3 unspecified atom stereocenters. The number of hydrogen-bond acceptors (Lipinski definition) is 4. The Morgan fingerprint density at radius 1 is 1.40 bits per heavy atom. The van der Waals surface area contributed by atoms with Gasteiger partial charge in [-0.3, -0.25) is 0 Å². The fourth-order valence-electron chi connectivity index (χ4n) is 3.49. The molecule has 20 heavy (non-hydrogen) atoms. The van der Waals surface area contributed by atoms with Crippen LogP contribution < -0.4 is 4.72 Å². The lowest BCUT2D eigenvalue weighted by atomic mass is 9.96. The Balaban J connectivity index is 1.83. The zero-order chi connectivity index (χ0) is 14.5.